The van der Waals surface area contributed by atoms with Gasteiger partial charge in [-0.2, -0.15) is 0 Å². The van der Waals surface area contributed by atoms with E-state index in [0.29, 0.717) is 12.3 Å². The Bertz CT molecular complexity index is 1150. The Balaban J connectivity index is 1.52. The number of hydrogen-bond donors (Lipinski definition) is 1. The number of rotatable bonds is 6. The summed E-state index contributed by atoms with van der Waals surface area (Å²) >= 11 is 0. The molecule has 1 N–H and O–H groups in total. The maximum Gasteiger partial charge on any atom is 0.195 e. The topological polar surface area (TPSA) is 55.5 Å². The van der Waals surface area contributed by atoms with Gasteiger partial charge in [0.05, 0.1) is 12.7 Å². The highest BCUT2D eigenvalue weighted by molar-refractivity contribution is 5.76. The first-order valence-corrected chi connectivity index (χ1v) is 11.6. The van der Waals surface area contributed by atoms with Crippen LogP contribution in [-0.2, 0) is 12.0 Å². The predicted octanol–water partition coefficient (Wildman–Crippen LogP) is 6.64. The number of oxazole rings is 1. The first kappa shape index (κ1) is 21.5. The van der Waals surface area contributed by atoms with Gasteiger partial charge in [0, 0.05) is 23.5 Å². The largest absolute Gasteiger partial charge is 0.497 e. The minimum absolute atomic E-state index is 0.0178. The zero-order valence-electron chi connectivity index (χ0n) is 18.9. The molecule has 1 aliphatic carbocycles. The third-order valence-corrected chi connectivity index (χ3v) is 6.78. The van der Waals surface area contributed by atoms with Crippen LogP contribution in [0.3, 0.4) is 0 Å². The molecule has 1 saturated carbocycles. The van der Waals surface area contributed by atoms with E-state index in [1.54, 1.807) is 7.11 Å². The molecule has 3 aromatic carbocycles. The van der Waals surface area contributed by atoms with Crippen molar-refractivity contribution in [2.24, 2.45) is 5.92 Å². The summed E-state index contributed by atoms with van der Waals surface area (Å²) < 4.78 is 11.8. The fourth-order valence-electron chi connectivity index (χ4n) is 5.01. The Morgan fingerprint density at radius 2 is 1.67 bits per heavy atom. The molecule has 0 saturated heterocycles. The molecule has 0 radical (unpaired) electrons. The minimum atomic E-state index is -0.929. The van der Waals surface area contributed by atoms with Crippen LogP contribution in [0.4, 0.5) is 0 Å². The zero-order valence-corrected chi connectivity index (χ0v) is 18.9. The second-order valence-corrected chi connectivity index (χ2v) is 8.82. The van der Waals surface area contributed by atoms with Crippen LogP contribution in [0.25, 0.3) is 22.6 Å². The first-order valence-electron chi connectivity index (χ1n) is 11.6. The maximum absolute atomic E-state index is 11.9. The van der Waals surface area contributed by atoms with Gasteiger partial charge in [-0.25, -0.2) is 4.98 Å². The van der Waals surface area contributed by atoms with E-state index in [2.05, 4.69) is 12.1 Å². The van der Waals surface area contributed by atoms with Gasteiger partial charge in [0.15, 0.2) is 11.7 Å². The third-order valence-electron chi connectivity index (χ3n) is 6.78. The Hall–Kier alpha value is -3.37. The zero-order chi connectivity index (χ0) is 22.7. The summed E-state index contributed by atoms with van der Waals surface area (Å²) in [5, 5.41) is 11.9. The van der Waals surface area contributed by atoms with E-state index >= 15 is 0 Å². The summed E-state index contributed by atoms with van der Waals surface area (Å²) in [6.07, 6.45) is 4.33. The first-order chi connectivity index (χ1) is 16.2. The average Bonchev–Trinajstić information content (AvgIpc) is 3.30. The van der Waals surface area contributed by atoms with Gasteiger partial charge in [0.2, 0.25) is 0 Å². The van der Waals surface area contributed by atoms with E-state index in [1.165, 1.54) is 0 Å². The minimum Gasteiger partial charge on any atom is -0.497 e. The highest BCUT2D eigenvalue weighted by Crippen LogP contribution is 2.44. The average molecular weight is 440 g/mol. The summed E-state index contributed by atoms with van der Waals surface area (Å²) in [6, 6.07) is 28.1. The molecule has 1 aromatic heterocycles. The van der Waals surface area contributed by atoms with Crippen LogP contribution in [0.2, 0.25) is 0 Å². The number of aromatic nitrogens is 1. The number of nitrogens with zero attached hydrogens (tertiary/aromatic N) is 1. The highest BCUT2D eigenvalue weighted by atomic mass is 16.5. The molecule has 1 aliphatic rings. The molecular weight excluding hydrogens is 410 g/mol. The van der Waals surface area contributed by atoms with Crippen LogP contribution in [0.1, 0.15) is 37.1 Å². The maximum atomic E-state index is 11.9. The van der Waals surface area contributed by atoms with Gasteiger partial charge in [-0.3, -0.25) is 0 Å². The third kappa shape index (κ3) is 4.31. The van der Waals surface area contributed by atoms with Crippen LogP contribution < -0.4 is 4.74 Å². The lowest BCUT2D eigenvalue weighted by Gasteiger charge is -2.40. The summed E-state index contributed by atoms with van der Waals surface area (Å²) in [4.78, 5) is 4.94. The molecule has 4 nitrogen and oxygen atoms in total. The summed E-state index contributed by atoms with van der Waals surface area (Å²) in [6.45, 7) is 0. The summed E-state index contributed by atoms with van der Waals surface area (Å²) in [5.41, 5.74) is 2.85. The van der Waals surface area contributed by atoms with Crippen molar-refractivity contribution in [3.63, 3.8) is 0 Å². The molecule has 4 aromatic rings. The molecule has 168 valence electrons. The molecule has 0 aliphatic heterocycles. The van der Waals surface area contributed by atoms with Crippen LogP contribution in [-0.4, -0.2) is 17.2 Å². The number of methoxy groups -OCH3 is 1. The van der Waals surface area contributed by atoms with Crippen molar-refractivity contribution >= 4 is 0 Å². The number of ether oxygens (including phenoxy) is 1. The van der Waals surface area contributed by atoms with Crippen molar-refractivity contribution in [3.05, 3.63) is 96.4 Å². The number of hydrogen-bond acceptors (Lipinski definition) is 4. The molecule has 0 spiro atoms. The Labute approximate surface area is 194 Å². The smallest absolute Gasteiger partial charge is 0.195 e. The Morgan fingerprint density at radius 1 is 0.939 bits per heavy atom. The van der Waals surface area contributed by atoms with Crippen LogP contribution >= 0.6 is 0 Å². The lowest BCUT2D eigenvalue weighted by Crippen LogP contribution is -2.39. The quantitative estimate of drug-likeness (QED) is 0.366. The Morgan fingerprint density at radius 3 is 2.39 bits per heavy atom. The van der Waals surface area contributed by atoms with Crippen LogP contribution in [0.15, 0.2) is 89.3 Å². The molecule has 1 heterocycles. The van der Waals surface area contributed by atoms with Gasteiger partial charge < -0.3 is 14.3 Å². The molecule has 4 heteroatoms. The van der Waals surface area contributed by atoms with Gasteiger partial charge in [-0.1, -0.05) is 85.6 Å². The van der Waals surface area contributed by atoms with E-state index < -0.39 is 5.60 Å². The van der Waals surface area contributed by atoms with Gasteiger partial charge in [0.25, 0.3) is 0 Å². The molecular formula is C29H29NO3. The standard InChI is InChI=1S/C29H29NO3/c1-32-25-17-10-16-23(19-25)29(31)18-9-8-15-24(29)20-26-30-27(21-11-4-2-5-12-21)28(33-26)22-13-6-3-7-14-22/h2-7,10-14,16-17,19,24,31H,8-9,15,18,20H2,1H3. The van der Waals surface area contributed by atoms with E-state index in [9.17, 15) is 5.11 Å². The second-order valence-electron chi connectivity index (χ2n) is 8.82. The number of benzene rings is 3. The molecule has 2 unspecified atom stereocenters. The molecule has 1 fully saturated rings. The van der Waals surface area contributed by atoms with Crippen molar-refractivity contribution in [2.75, 3.05) is 7.11 Å². The fraction of sp³-hybridized carbons (Fsp3) is 0.276. The Kier molecular flexibility index (Phi) is 6.01. The van der Waals surface area contributed by atoms with Gasteiger partial charge in [-0.05, 0) is 30.5 Å². The van der Waals surface area contributed by atoms with Crippen molar-refractivity contribution in [1.29, 1.82) is 0 Å². The van der Waals surface area contributed by atoms with Gasteiger partial charge in [-0.15, -0.1) is 0 Å². The van der Waals surface area contributed by atoms with Crippen molar-refractivity contribution in [2.45, 2.75) is 37.7 Å². The van der Waals surface area contributed by atoms with Crippen LogP contribution in [0.5, 0.6) is 5.75 Å². The monoisotopic (exact) mass is 439 g/mol. The molecule has 2 atom stereocenters. The van der Waals surface area contributed by atoms with Gasteiger partial charge in [0.1, 0.15) is 11.4 Å². The van der Waals surface area contributed by atoms with Crippen molar-refractivity contribution in [1.82, 2.24) is 4.98 Å². The number of aliphatic hydroxyl groups is 1. The highest BCUT2D eigenvalue weighted by Gasteiger charge is 2.41. The van der Waals surface area contributed by atoms with Crippen LogP contribution in [0, 0.1) is 5.92 Å². The summed E-state index contributed by atoms with van der Waals surface area (Å²) in [7, 11) is 1.66. The molecule has 0 bridgehead atoms. The van der Waals surface area contributed by atoms with Crippen molar-refractivity contribution in [3.8, 4) is 28.3 Å². The lowest BCUT2D eigenvalue weighted by atomic mass is 9.70. The SMILES string of the molecule is COc1cccc(C2(O)CCCCC2Cc2nc(-c3ccccc3)c(-c3ccccc3)o2)c1. The molecule has 33 heavy (non-hydrogen) atoms. The van der Waals surface area contributed by atoms with Gasteiger partial charge >= 0.3 is 0 Å². The summed E-state index contributed by atoms with van der Waals surface area (Å²) in [5.74, 6) is 2.22. The van der Waals surface area contributed by atoms with E-state index in [4.69, 9.17) is 14.1 Å². The normalized spacial score (nSPS) is 20.5. The predicted molar refractivity (Wildman–Crippen MR) is 130 cm³/mol. The molecule has 5 rings (SSSR count). The molecule has 0 amide bonds. The van der Waals surface area contributed by atoms with E-state index in [-0.39, 0.29) is 5.92 Å². The van der Waals surface area contributed by atoms with Crippen molar-refractivity contribution < 1.29 is 14.3 Å². The second kappa shape index (κ2) is 9.24. The van der Waals surface area contributed by atoms with E-state index in [0.717, 1.165) is 59.6 Å². The lowest BCUT2D eigenvalue weighted by molar-refractivity contribution is -0.0563. The van der Waals surface area contributed by atoms with E-state index in [1.807, 2.05) is 72.8 Å². The fourth-order valence-corrected chi connectivity index (χ4v) is 5.01.